The summed E-state index contributed by atoms with van der Waals surface area (Å²) in [5.41, 5.74) is 0.559. The Bertz CT molecular complexity index is 588. The lowest BCUT2D eigenvalue weighted by Crippen LogP contribution is -2.01. The van der Waals surface area contributed by atoms with Crippen LogP contribution in [0.5, 0.6) is 0 Å². The quantitative estimate of drug-likeness (QED) is 0.878. The highest BCUT2D eigenvalue weighted by Crippen LogP contribution is 2.26. The Hall–Kier alpha value is -1.53. The van der Waals surface area contributed by atoms with E-state index in [-0.39, 0.29) is 10.8 Å². The summed E-state index contributed by atoms with van der Waals surface area (Å²) < 4.78 is 14.6. The van der Waals surface area contributed by atoms with Crippen LogP contribution in [-0.2, 0) is 4.79 Å². The molecule has 1 N–H and O–H groups in total. The van der Waals surface area contributed by atoms with E-state index in [1.54, 1.807) is 10.8 Å². The molecule has 0 spiro atoms. The van der Waals surface area contributed by atoms with Crippen LogP contribution in [0.4, 0.5) is 4.39 Å². The molecular formula is C11H8ClFN2O2S. The Balaban J connectivity index is 2.33. The Morgan fingerprint density at radius 3 is 3.00 bits per heavy atom. The van der Waals surface area contributed by atoms with Crippen LogP contribution in [0, 0.1) is 5.82 Å². The van der Waals surface area contributed by atoms with Gasteiger partial charge in [0.05, 0.1) is 16.5 Å². The molecule has 0 aliphatic rings. The van der Waals surface area contributed by atoms with Crippen molar-refractivity contribution in [3.63, 3.8) is 0 Å². The van der Waals surface area contributed by atoms with E-state index in [1.165, 1.54) is 24.4 Å². The predicted molar refractivity (Wildman–Crippen MR) is 66.9 cm³/mol. The van der Waals surface area contributed by atoms with Crippen molar-refractivity contribution in [1.82, 2.24) is 9.55 Å². The normalized spacial score (nSPS) is 10.6. The number of hydrogen-bond acceptors (Lipinski definition) is 3. The Morgan fingerprint density at radius 1 is 1.56 bits per heavy atom. The lowest BCUT2D eigenvalue weighted by atomic mass is 10.3. The highest BCUT2D eigenvalue weighted by Gasteiger charge is 2.11. The highest BCUT2D eigenvalue weighted by molar-refractivity contribution is 7.99. The standard InChI is InChI=1S/C11H8ClFN2O2S/c12-8-5-7(13)1-2-9(8)15-4-3-14-11(15)18-6-10(16)17/h1-5H,6H2,(H,16,17). The number of carboxylic acid groups (broad SMARTS) is 1. The van der Waals surface area contributed by atoms with Crippen LogP contribution >= 0.6 is 23.4 Å². The number of halogens is 2. The third kappa shape index (κ3) is 2.83. The summed E-state index contributed by atoms with van der Waals surface area (Å²) in [6.45, 7) is 0. The van der Waals surface area contributed by atoms with Gasteiger partial charge in [-0.25, -0.2) is 9.37 Å². The van der Waals surface area contributed by atoms with Crippen LogP contribution in [0.15, 0.2) is 35.7 Å². The Kier molecular flexibility index (Phi) is 3.88. The zero-order valence-electron chi connectivity index (χ0n) is 9.01. The number of rotatable bonds is 4. The number of aromatic nitrogens is 2. The SMILES string of the molecule is O=C(O)CSc1nccn1-c1ccc(F)cc1Cl. The molecule has 2 aromatic rings. The third-order valence-corrected chi connectivity index (χ3v) is 3.36. The van der Waals surface area contributed by atoms with Crippen LogP contribution in [-0.4, -0.2) is 26.4 Å². The molecule has 0 aliphatic carbocycles. The van der Waals surface area contributed by atoms with Gasteiger partial charge in [-0.3, -0.25) is 9.36 Å². The molecule has 4 nitrogen and oxygen atoms in total. The van der Waals surface area contributed by atoms with Crippen LogP contribution in [0.2, 0.25) is 5.02 Å². The third-order valence-electron chi connectivity index (χ3n) is 2.10. The van der Waals surface area contributed by atoms with Gasteiger partial charge < -0.3 is 5.11 Å². The summed E-state index contributed by atoms with van der Waals surface area (Å²) in [6.07, 6.45) is 3.17. The van der Waals surface area contributed by atoms with E-state index in [0.717, 1.165) is 11.8 Å². The number of hydrogen-bond donors (Lipinski definition) is 1. The van der Waals surface area contributed by atoms with Crippen molar-refractivity contribution < 1.29 is 14.3 Å². The molecule has 0 unspecified atom stereocenters. The van der Waals surface area contributed by atoms with Gasteiger partial charge >= 0.3 is 5.97 Å². The number of carbonyl (C=O) groups is 1. The Labute approximate surface area is 111 Å². The van der Waals surface area contributed by atoms with Crippen molar-refractivity contribution in [2.75, 3.05) is 5.75 Å². The van der Waals surface area contributed by atoms with Gasteiger partial charge in [-0.2, -0.15) is 0 Å². The molecule has 0 bridgehead atoms. The van der Waals surface area contributed by atoms with Gasteiger partial charge in [0.15, 0.2) is 5.16 Å². The van der Waals surface area contributed by atoms with E-state index in [1.807, 2.05) is 0 Å². The lowest BCUT2D eigenvalue weighted by molar-refractivity contribution is -0.133. The van der Waals surface area contributed by atoms with Gasteiger partial charge in [-0.15, -0.1) is 0 Å². The Morgan fingerprint density at radius 2 is 2.33 bits per heavy atom. The first-order valence-corrected chi connectivity index (χ1v) is 6.27. The summed E-state index contributed by atoms with van der Waals surface area (Å²) in [7, 11) is 0. The van der Waals surface area contributed by atoms with Crippen LogP contribution in [0.3, 0.4) is 0 Å². The second-order valence-corrected chi connectivity index (χ2v) is 4.71. The summed E-state index contributed by atoms with van der Waals surface area (Å²) >= 11 is 7.01. The van der Waals surface area contributed by atoms with Crippen LogP contribution in [0.1, 0.15) is 0 Å². The van der Waals surface area contributed by atoms with Crippen molar-refractivity contribution in [1.29, 1.82) is 0 Å². The number of carboxylic acids is 1. The maximum absolute atomic E-state index is 13.0. The average molecular weight is 287 g/mol. The lowest BCUT2D eigenvalue weighted by Gasteiger charge is -2.08. The van der Waals surface area contributed by atoms with Crippen LogP contribution in [0.25, 0.3) is 5.69 Å². The van der Waals surface area contributed by atoms with Crippen molar-refractivity contribution in [3.05, 3.63) is 41.4 Å². The predicted octanol–water partition coefficient (Wildman–Crippen LogP) is 2.84. The number of imidazole rings is 1. The first kappa shape index (κ1) is 12.9. The molecule has 0 amide bonds. The summed E-state index contributed by atoms with van der Waals surface area (Å²) in [6, 6.07) is 4.00. The van der Waals surface area contributed by atoms with Gasteiger partial charge in [0, 0.05) is 12.4 Å². The molecule has 94 valence electrons. The van der Waals surface area contributed by atoms with Crippen molar-refractivity contribution in [2.24, 2.45) is 0 Å². The number of nitrogens with zero attached hydrogens (tertiary/aromatic N) is 2. The minimum atomic E-state index is -0.931. The molecule has 2 rings (SSSR count). The van der Waals surface area contributed by atoms with Gasteiger partial charge in [-0.1, -0.05) is 23.4 Å². The van der Waals surface area contributed by atoms with E-state index < -0.39 is 11.8 Å². The molecular weight excluding hydrogens is 279 g/mol. The number of thioether (sulfide) groups is 1. The average Bonchev–Trinajstić information content (AvgIpc) is 2.74. The summed E-state index contributed by atoms with van der Waals surface area (Å²) in [5, 5.41) is 9.36. The largest absolute Gasteiger partial charge is 0.481 e. The van der Waals surface area contributed by atoms with E-state index >= 15 is 0 Å². The maximum atomic E-state index is 13.0. The molecule has 0 radical (unpaired) electrons. The monoisotopic (exact) mass is 286 g/mol. The maximum Gasteiger partial charge on any atom is 0.313 e. The summed E-state index contributed by atoms with van der Waals surface area (Å²) in [5.74, 6) is -1.46. The van der Waals surface area contributed by atoms with Crippen molar-refractivity contribution in [2.45, 2.75) is 5.16 Å². The van der Waals surface area contributed by atoms with E-state index in [0.29, 0.717) is 10.8 Å². The topological polar surface area (TPSA) is 55.1 Å². The van der Waals surface area contributed by atoms with Crippen molar-refractivity contribution >= 4 is 29.3 Å². The molecule has 0 saturated carbocycles. The molecule has 0 aliphatic heterocycles. The molecule has 1 heterocycles. The van der Waals surface area contributed by atoms with Crippen LogP contribution < -0.4 is 0 Å². The molecule has 0 saturated heterocycles. The molecule has 7 heteroatoms. The summed E-state index contributed by atoms with van der Waals surface area (Å²) in [4.78, 5) is 14.6. The first-order valence-electron chi connectivity index (χ1n) is 4.91. The van der Waals surface area contributed by atoms with Gasteiger partial charge in [0.25, 0.3) is 0 Å². The fourth-order valence-corrected chi connectivity index (χ4v) is 2.33. The van der Waals surface area contributed by atoms with E-state index in [9.17, 15) is 9.18 Å². The second-order valence-electron chi connectivity index (χ2n) is 3.36. The van der Waals surface area contributed by atoms with E-state index in [2.05, 4.69) is 4.98 Å². The van der Waals surface area contributed by atoms with Gasteiger partial charge in [0.1, 0.15) is 5.82 Å². The smallest absolute Gasteiger partial charge is 0.313 e. The minimum Gasteiger partial charge on any atom is -0.481 e. The number of aliphatic carboxylic acids is 1. The van der Waals surface area contributed by atoms with Gasteiger partial charge in [0.2, 0.25) is 0 Å². The van der Waals surface area contributed by atoms with Gasteiger partial charge in [-0.05, 0) is 18.2 Å². The second kappa shape index (κ2) is 5.41. The van der Waals surface area contributed by atoms with Crippen molar-refractivity contribution in [3.8, 4) is 5.69 Å². The molecule has 18 heavy (non-hydrogen) atoms. The molecule has 0 fully saturated rings. The molecule has 0 atom stereocenters. The minimum absolute atomic E-state index is 0.101. The first-order chi connectivity index (χ1) is 8.58. The number of benzene rings is 1. The van der Waals surface area contributed by atoms with E-state index in [4.69, 9.17) is 16.7 Å². The molecule has 1 aromatic carbocycles. The fourth-order valence-electron chi connectivity index (χ4n) is 1.38. The fraction of sp³-hybridized carbons (Fsp3) is 0.0909. The zero-order chi connectivity index (χ0) is 13.1. The zero-order valence-corrected chi connectivity index (χ0v) is 10.6. The molecule has 1 aromatic heterocycles. The highest BCUT2D eigenvalue weighted by atomic mass is 35.5.